The zero-order valence-corrected chi connectivity index (χ0v) is 8.85. The standard InChI is InChI=1S/C7H8BrNO2S/c1-9(6(11)4-10)7-3-2-5(8)12-7/h2-3,10H,4H2,1H3. The van der Waals surface area contributed by atoms with Gasteiger partial charge in [0.1, 0.15) is 6.61 Å². The average molecular weight is 250 g/mol. The van der Waals surface area contributed by atoms with Crippen LogP contribution in [0.4, 0.5) is 5.00 Å². The second-order valence-electron chi connectivity index (χ2n) is 2.19. The quantitative estimate of drug-likeness (QED) is 0.863. The Morgan fingerprint density at radius 2 is 2.42 bits per heavy atom. The van der Waals surface area contributed by atoms with Gasteiger partial charge >= 0.3 is 0 Å². The number of carbonyl (C=O) groups excluding carboxylic acids is 1. The highest BCUT2D eigenvalue weighted by Gasteiger charge is 2.10. The van der Waals surface area contributed by atoms with E-state index in [2.05, 4.69) is 15.9 Å². The molecule has 0 unspecified atom stereocenters. The molecule has 1 rings (SSSR count). The van der Waals surface area contributed by atoms with Gasteiger partial charge in [-0.05, 0) is 28.1 Å². The maximum Gasteiger partial charge on any atom is 0.253 e. The van der Waals surface area contributed by atoms with E-state index in [1.807, 2.05) is 12.1 Å². The minimum Gasteiger partial charge on any atom is -0.387 e. The van der Waals surface area contributed by atoms with Crippen LogP contribution in [-0.2, 0) is 4.79 Å². The predicted octanol–water partition coefficient (Wildman–Crippen LogP) is 1.47. The van der Waals surface area contributed by atoms with Crippen LogP contribution in [0.25, 0.3) is 0 Å². The van der Waals surface area contributed by atoms with E-state index in [0.717, 1.165) is 8.79 Å². The summed E-state index contributed by atoms with van der Waals surface area (Å²) in [4.78, 5) is 12.4. The molecule has 0 aliphatic heterocycles. The Labute approximate surface area is 82.7 Å². The van der Waals surface area contributed by atoms with Crippen molar-refractivity contribution in [2.24, 2.45) is 0 Å². The van der Waals surface area contributed by atoms with Gasteiger partial charge in [0, 0.05) is 7.05 Å². The minimum absolute atomic E-state index is 0.302. The van der Waals surface area contributed by atoms with Crippen LogP contribution in [0.5, 0.6) is 0 Å². The van der Waals surface area contributed by atoms with E-state index in [-0.39, 0.29) is 5.91 Å². The summed E-state index contributed by atoms with van der Waals surface area (Å²) in [7, 11) is 1.64. The van der Waals surface area contributed by atoms with Crippen LogP contribution in [0, 0.1) is 0 Å². The van der Waals surface area contributed by atoms with Crippen molar-refractivity contribution in [2.75, 3.05) is 18.6 Å². The fraction of sp³-hybridized carbons (Fsp3) is 0.286. The first-order chi connectivity index (χ1) is 5.65. The molecule has 1 amide bonds. The zero-order chi connectivity index (χ0) is 9.14. The number of nitrogens with zero attached hydrogens (tertiary/aromatic N) is 1. The Morgan fingerprint density at radius 3 is 2.83 bits per heavy atom. The SMILES string of the molecule is CN(C(=O)CO)c1ccc(Br)s1. The van der Waals surface area contributed by atoms with E-state index in [1.165, 1.54) is 16.2 Å². The second-order valence-corrected chi connectivity index (χ2v) is 4.63. The van der Waals surface area contributed by atoms with E-state index < -0.39 is 6.61 Å². The molecule has 66 valence electrons. The first-order valence-electron chi connectivity index (χ1n) is 3.28. The van der Waals surface area contributed by atoms with E-state index in [1.54, 1.807) is 7.05 Å². The Kier molecular flexibility index (Phi) is 3.25. The molecule has 0 aliphatic carbocycles. The molecule has 0 aliphatic rings. The summed E-state index contributed by atoms with van der Waals surface area (Å²) < 4.78 is 0.968. The molecule has 0 saturated carbocycles. The fourth-order valence-corrected chi connectivity index (χ4v) is 2.05. The van der Waals surface area contributed by atoms with Crippen molar-refractivity contribution in [3.05, 3.63) is 15.9 Å². The molecular weight excluding hydrogens is 242 g/mol. The zero-order valence-electron chi connectivity index (χ0n) is 6.45. The maximum absolute atomic E-state index is 11.0. The second kappa shape index (κ2) is 4.02. The largest absolute Gasteiger partial charge is 0.387 e. The van der Waals surface area contributed by atoms with E-state index in [0.29, 0.717) is 0 Å². The van der Waals surface area contributed by atoms with E-state index in [4.69, 9.17) is 5.11 Å². The number of rotatable bonds is 2. The molecule has 1 aromatic heterocycles. The first kappa shape index (κ1) is 9.70. The monoisotopic (exact) mass is 249 g/mol. The van der Waals surface area contributed by atoms with Gasteiger partial charge in [-0.2, -0.15) is 0 Å². The van der Waals surface area contributed by atoms with Crippen molar-refractivity contribution in [1.29, 1.82) is 0 Å². The van der Waals surface area contributed by atoms with Gasteiger partial charge in [-0.1, -0.05) is 0 Å². The van der Waals surface area contributed by atoms with E-state index >= 15 is 0 Å². The van der Waals surface area contributed by atoms with Crippen molar-refractivity contribution < 1.29 is 9.90 Å². The highest BCUT2D eigenvalue weighted by atomic mass is 79.9. The number of carbonyl (C=O) groups is 1. The maximum atomic E-state index is 11.0. The summed E-state index contributed by atoms with van der Waals surface area (Å²) in [5.41, 5.74) is 0. The molecule has 0 saturated heterocycles. The number of amides is 1. The van der Waals surface area contributed by atoms with Gasteiger partial charge in [0.15, 0.2) is 0 Å². The van der Waals surface area contributed by atoms with Crippen LogP contribution in [-0.4, -0.2) is 24.7 Å². The fourth-order valence-electron chi connectivity index (χ4n) is 0.714. The molecule has 5 heteroatoms. The van der Waals surface area contributed by atoms with Gasteiger partial charge in [0.05, 0.1) is 8.79 Å². The highest BCUT2D eigenvalue weighted by molar-refractivity contribution is 9.11. The molecule has 0 bridgehead atoms. The number of aliphatic hydroxyl groups excluding tert-OH is 1. The Morgan fingerprint density at radius 1 is 1.75 bits per heavy atom. The molecule has 1 aromatic rings. The topological polar surface area (TPSA) is 40.5 Å². The molecule has 0 spiro atoms. The number of anilines is 1. The van der Waals surface area contributed by atoms with Crippen LogP contribution in [0.3, 0.4) is 0 Å². The lowest BCUT2D eigenvalue weighted by Crippen LogP contribution is -2.27. The van der Waals surface area contributed by atoms with Gasteiger partial charge in [-0.15, -0.1) is 11.3 Å². The summed E-state index contributed by atoms with van der Waals surface area (Å²) in [6.45, 7) is -0.452. The van der Waals surface area contributed by atoms with Crippen LogP contribution in [0.1, 0.15) is 0 Å². The summed E-state index contributed by atoms with van der Waals surface area (Å²) in [5.74, 6) is -0.302. The number of likely N-dealkylation sites (N-methyl/N-ethyl adjacent to an activating group) is 1. The molecule has 0 fully saturated rings. The highest BCUT2D eigenvalue weighted by Crippen LogP contribution is 2.28. The lowest BCUT2D eigenvalue weighted by Gasteiger charge is -2.12. The number of hydrogen-bond acceptors (Lipinski definition) is 3. The molecule has 0 atom stereocenters. The van der Waals surface area contributed by atoms with Gasteiger partial charge in [-0.3, -0.25) is 4.79 Å². The van der Waals surface area contributed by atoms with Crippen molar-refractivity contribution in [1.82, 2.24) is 0 Å². The molecular formula is C7H8BrNO2S. The van der Waals surface area contributed by atoms with Crippen molar-refractivity contribution in [3.63, 3.8) is 0 Å². The Hall–Kier alpha value is -0.390. The normalized spacial score (nSPS) is 9.92. The third-order valence-corrected chi connectivity index (χ3v) is 3.10. The van der Waals surface area contributed by atoms with Gasteiger partial charge in [-0.25, -0.2) is 0 Å². The number of hydrogen-bond donors (Lipinski definition) is 1. The molecule has 12 heavy (non-hydrogen) atoms. The molecule has 0 radical (unpaired) electrons. The number of aliphatic hydroxyl groups is 1. The summed E-state index contributed by atoms with van der Waals surface area (Å²) >= 11 is 4.74. The van der Waals surface area contributed by atoms with Crippen LogP contribution in [0.15, 0.2) is 15.9 Å². The van der Waals surface area contributed by atoms with Crippen molar-refractivity contribution in [3.8, 4) is 0 Å². The number of thiophene rings is 1. The Balaban J connectivity index is 2.77. The minimum atomic E-state index is -0.452. The smallest absolute Gasteiger partial charge is 0.253 e. The lowest BCUT2D eigenvalue weighted by atomic mass is 10.5. The van der Waals surface area contributed by atoms with Gasteiger partial charge < -0.3 is 10.0 Å². The van der Waals surface area contributed by atoms with Crippen molar-refractivity contribution in [2.45, 2.75) is 0 Å². The lowest BCUT2D eigenvalue weighted by molar-refractivity contribution is -0.120. The van der Waals surface area contributed by atoms with Crippen LogP contribution < -0.4 is 4.90 Å². The van der Waals surface area contributed by atoms with Gasteiger partial charge in [0.2, 0.25) is 0 Å². The molecule has 1 heterocycles. The third kappa shape index (κ3) is 2.06. The third-order valence-electron chi connectivity index (χ3n) is 1.40. The van der Waals surface area contributed by atoms with E-state index in [9.17, 15) is 4.79 Å². The van der Waals surface area contributed by atoms with Crippen LogP contribution >= 0.6 is 27.3 Å². The van der Waals surface area contributed by atoms with Crippen molar-refractivity contribution >= 4 is 38.2 Å². The first-order valence-corrected chi connectivity index (χ1v) is 4.89. The average Bonchev–Trinajstić information content (AvgIpc) is 2.49. The summed E-state index contributed by atoms with van der Waals surface area (Å²) in [6, 6.07) is 3.68. The Bertz CT molecular complexity index is 287. The molecule has 3 nitrogen and oxygen atoms in total. The molecule has 1 N–H and O–H groups in total. The summed E-state index contributed by atoms with van der Waals surface area (Å²) in [5, 5.41) is 9.40. The molecule has 0 aromatic carbocycles. The van der Waals surface area contributed by atoms with Gasteiger partial charge in [0.25, 0.3) is 5.91 Å². The van der Waals surface area contributed by atoms with Crippen LogP contribution in [0.2, 0.25) is 0 Å². The summed E-state index contributed by atoms with van der Waals surface area (Å²) in [6.07, 6.45) is 0. The predicted molar refractivity (Wildman–Crippen MR) is 52.5 cm³/mol. The number of halogens is 1.